The van der Waals surface area contributed by atoms with E-state index in [0.29, 0.717) is 5.92 Å². The highest BCUT2D eigenvalue weighted by Crippen LogP contribution is 2.34. The smallest absolute Gasteiger partial charge is 0.243 e. The number of fused-ring (bicyclic) bond motifs is 1. The summed E-state index contributed by atoms with van der Waals surface area (Å²) < 4.78 is 0. The summed E-state index contributed by atoms with van der Waals surface area (Å²) in [4.78, 5) is 13.8. The van der Waals surface area contributed by atoms with E-state index in [1.165, 1.54) is 5.56 Å². The normalized spacial score (nSPS) is 20.2. The van der Waals surface area contributed by atoms with Gasteiger partial charge in [0.15, 0.2) is 0 Å². The molecule has 1 aromatic carbocycles. The maximum atomic E-state index is 12.0. The summed E-state index contributed by atoms with van der Waals surface area (Å²) in [6.07, 6.45) is 1.01. The van der Waals surface area contributed by atoms with Gasteiger partial charge < -0.3 is 10.6 Å². The molecule has 1 unspecified atom stereocenters. The minimum absolute atomic E-state index is 0. The molecule has 2 rings (SSSR count). The molecular formula is C13H19ClN2O. The fourth-order valence-electron chi connectivity index (χ4n) is 2.22. The largest absolute Gasteiger partial charge is 0.320 e. The van der Waals surface area contributed by atoms with E-state index in [1.807, 2.05) is 23.1 Å². The highest BCUT2D eigenvalue weighted by molar-refractivity contribution is 5.97. The van der Waals surface area contributed by atoms with Crippen molar-refractivity contribution in [2.24, 2.45) is 5.73 Å². The number of rotatable bonds is 1. The molecule has 1 amide bonds. The van der Waals surface area contributed by atoms with Crippen LogP contribution >= 0.6 is 12.4 Å². The highest BCUT2D eigenvalue weighted by Gasteiger charge is 2.27. The van der Waals surface area contributed by atoms with Gasteiger partial charge in [0, 0.05) is 12.2 Å². The van der Waals surface area contributed by atoms with E-state index in [0.717, 1.165) is 18.7 Å². The number of hydrogen-bond donors (Lipinski definition) is 1. The first-order valence-electron chi connectivity index (χ1n) is 5.77. The molecule has 1 aromatic rings. The molecule has 17 heavy (non-hydrogen) atoms. The lowest BCUT2D eigenvalue weighted by Gasteiger charge is -2.33. The van der Waals surface area contributed by atoms with Gasteiger partial charge in [-0.15, -0.1) is 12.4 Å². The Hall–Kier alpha value is -1.06. The molecule has 1 aliphatic rings. The summed E-state index contributed by atoms with van der Waals surface area (Å²) in [6, 6.07) is 7.67. The van der Waals surface area contributed by atoms with Crippen LogP contribution in [-0.2, 0) is 4.79 Å². The van der Waals surface area contributed by atoms with Crippen LogP contribution < -0.4 is 10.6 Å². The summed E-state index contributed by atoms with van der Waals surface area (Å²) in [5.41, 5.74) is 7.95. The van der Waals surface area contributed by atoms with Crippen LogP contribution in [0.15, 0.2) is 24.3 Å². The molecule has 1 heterocycles. The van der Waals surface area contributed by atoms with E-state index in [1.54, 1.807) is 6.92 Å². The third-order valence-corrected chi connectivity index (χ3v) is 3.20. The molecule has 94 valence electrons. The van der Waals surface area contributed by atoms with Crippen molar-refractivity contribution in [2.45, 2.75) is 32.2 Å². The Balaban J connectivity index is 0.00000144. The first-order chi connectivity index (χ1) is 7.61. The maximum Gasteiger partial charge on any atom is 0.243 e. The Morgan fingerprint density at radius 2 is 2.12 bits per heavy atom. The van der Waals surface area contributed by atoms with Crippen LogP contribution in [0.25, 0.3) is 0 Å². The molecule has 2 N–H and O–H groups in total. The first kappa shape index (κ1) is 14.0. The van der Waals surface area contributed by atoms with Gasteiger partial charge in [-0.25, -0.2) is 0 Å². The molecule has 0 saturated carbocycles. The van der Waals surface area contributed by atoms with Crippen molar-refractivity contribution in [1.82, 2.24) is 0 Å². The minimum Gasteiger partial charge on any atom is -0.320 e. The lowest BCUT2D eigenvalue weighted by Crippen LogP contribution is -2.44. The molecular weight excluding hydrogens is 236 g/mol. The SMILES string of the molecule is CC1CCN(C(=O)[C@H](C)N)c2ccccc21.Cl. The zero-order valence-electron chi connectivity index (χ0n) is 10.2. The molecule has 0 fully saturated rings. The standard InChI is InChI=1S/C13H18N2O.ClH/c1-9-7-8-15(13(16)10(2)14)12-6-4-3-5-11(9)12;/h3-6,9-10H,7-8,14H2,1-2H3;1H/t9?,10-;/m0./s1. The van der Waals surface area contributed by atoms with Crippen LogP contribution in [0.2, 0.25) is 0 Å². The van der Waals surface area contributed by atoms with Crippen LogP contribution in [0.5, 0.6) is 0 Å². The predicted molar refractivity (Wildman–Crippen MR) is 72.7 cm³/mol. The number of carbonyl (C=O) groups excluding carboxylic acids is 1. The number of nitrogens with two attached hydrogens (primary N) is 1. The van der Waals surface area contributed by atoms with Crippen molar-refractivity contribution in [1.29, 1.82) is 0 Å². The van der Waals surface area contributed by atoms with Gasteiger partial charge >= 0.3 is 0 Å². The van der Waals surface area contributed by atoms with Gasteiger partial charge in [0.05, 0.1) is 6.04 Å². The Morgan fingerprint density at radius 3 is 2.76 bits per heavy atom. The van der Waals surface area contributed by atoms with E-state index in [2.05, 4.69) is 13.0 Å². The quantitative estimate of drug-likeness (QED) is 0.836. The summed E-state index contributed by atoms with van der Waals surface area (Å²) >= 11 is 0. The Bertz CT molecular complexity index is 406. The van der Waals surface area contributed by atoms with Crippen molar-refractivity contribution in [2.75, 3.05) is 11.4 Å². The fourth-order valence-corrected chi connectivity index (χ4v) is 2.22. The third-order valence-electron chi connectivity index (χ3n) is 3.20. The molecule has 2 atom stereocenters. The van der Waals surface area contributed by atoms with Crippen LogP contribution in [0.4, 0.5) is 5.69 Å². The van der Waals surface area contributed by atoms with E-state index >= 15 is 0 Å². The lowest BCUT2D eigenvalue weighted by atomic mass is 9.91. The zero-order chi connectivity index (χ0) is 11.7. The Labute approximate surface area is 108 Å². The summed E-state index contributed by atoms with van der Waals surface area (Å²) in [7, 11) is 0. The van der Waals surface area contributed by atoms with E-state index in [-0.39, 0.29) is 18.3 Å². The Morgan fingerprint density at radius 1 is 1.47 bits per heavy atom. The number of para-hydroxylation sites is 1. The van der Waals surface area contributed by atoms with E-state index < -0.39 is 6.04 Å². The molecule has 4 heteroatoms. The van der Waals surface area contributed by atoms with Crippen LogP contribution in [0, 0.1) is 0 Å². The lowest BCUT2D eigenvalue weighted by molar-refractivity contribution is -0.119. The topological polar surface area (TPSA) is 46.3 Å². The molecule has 0 aromatic heterocycles. The number of amides is 1. The number of anilines is 1. The molecule has 0 saturated heterocycles. The maximum absolute atomic E-state index is 12.0. The monoisotopic (exact) mass is 254 g/mol. The van der Waals surface area contributed by atoms with Gasteiger partial charge in [-0.05, 0) is 30.9 Å². The second-order valence-corrected chi connectivity index (χ2v) is 4.53. The zero-order valence-corrected chi connectivity index (χ0v) is 11.0. The number of benzene rings is 1. The molecule has 3 nitrogen and oxygen atoms in total. The molecule has 0 radical (unpaired) electrons. The Kier molecular flexibility index (Phi) is 4.54. The number of carbonyl (C=O) groups is 1. The van der Waals surface area contributed by atoms with Crippen LogP contribution in [0.1, 0.15) is 31.7 Å². The summed E-state index contributed by atoms with van der Waals surface area (Å²) in [6.45, 7) is 4.72. The van der Waals surface area contributed by atoms with Crippen molar-refractivity contribution in [3.05, 3.63) is 29.8 Å². The number of halogens is 1. The van der Waals surface area contributed by atoms with Gasteiger partial charge in [0.2, 0.25) is 5.91 Å². The molecule has 0 spiro atoms. The van der Waals surface area contributed by atoms with Crippen molar-refractivity contribution >= 4 is 24.0 Å². The third kappa shape index (κ3) is 2.61. The van der Waals surface area contributed by atoms with Gasteiger partial charge in [0.25, 0.3) is 0 Å². The second kappa shape index (κ2) is 5.52. The first-order valence-corrected chi connectivity index (χ1v) is 5.77. The average molecular weight is 255 g/mol. The van der Waals surface area contributed by atoms with Crippen LogP contribution in [-0.4, -0.2) is 18.5 Å². The van der Waals surface area contributed by atoms with Crippen molar-refractivity contribution < 1.29 is 4.79 Å². The predicted octanol–water partition coefficient (Wildman–Crippen LogP) is 2.30. The van der Waals surface area contributed by atoms with Crippen molar-refractivity contribution in [3.8, 4) is 0 Å². The van der Waals surface area contributed by atoms with E-state index in [4.69, 9.17) is 5.73 Å². The average Bonchev–Trinajstić information content (AvgIpc) is 2.29. The fraction of sp³-hybridized carbons (Fsp3) is 0.462. The number of nitrogens with zero attached hydrogens (tertiary/aromatic N) is 1. The van der Waals surface area contributed by atoms with Crippen LogP contribution in [0.3, 0.4) is 0 Å². The van der Waals surface area contributed by atoms with Gasteiger partial charge in [0.1, 0.15) is 0 Å². The second-order valence-electron chi connectivity index (χ2n) is 4.53. The van der Waals surface area contributed by atoms with Crippen molar-refractivity contribution in [3.63, 3.8) is 0 Å². The van der Waals surface area contributed by atoms with Gasteiger partial charge in [-0.3, -0.25) is 4.79 Å². The highest BCUT2D eigenvalue weighted by atomic mass is 35.5. The van der Waals surface area contributed by atoms with Gasteiger partial charge in [-0.2, -0.15) is 0 Å². The van der Waals surface area contributed by atoms with Gasteiger partial charge in [-0.1, -0.05) is 25.1 Å². The number of hydrogen-bond acceptors (Lipinski definition) is 2. The summed E-state index contributed by atoms with van der Waals surface area (Å²) in [5.74, 6) is 0.535. The summed E-state index contributed by atoms with van der Waals surface area (Å²) in [5, 5.41) is 0. The molecule has 1 aliphatic heterocycles. The molecule has 0 aliphatic carbocycles. The van der Waals surface area contributed by atoms with E-state index in [9.17, 15) is 4.79 Å². The molecule has 0 bridgehead atoms. The minimum atomic E-state index is -0.429.